The fourth-order valence-electron chi connectivity index (χ4n) is 7.85. The number of aliphatic hydroxyl groups excluding tert-OH is 1. The molecular weight excluding hydrogens is 732 g/mol. The largest absolute Gasteiger partial charge is 0.493 e. The van der Waals surface area contributed by atoms with Crippen LogP contribution in [0.5, 0.6) is 5.75 Å². The SMILES string of the molecule is CCCC(NC(=O)[C@@H]1C[C@@H]2CN1C(=O)[C@H](C1CCCCC1)NC(=O)Cc1cccc(c1)OCCCO2)C(O)C(=O)NCC(=O)N[C@H](C(=O)N(C)C)c1ccccc1. The molecule has 2 aromatic carbocycles. The molecule has 2 aliphatic heterocycles. The van der Waals surface area contributed by atoms with E-state index >= 15 is 0 Å². The molecule has 0 aromatic heterocycles. The van der Waals surface area contributed by atoms with Crippen LogP contribution in [-0.2, 0) is 39.9 Å². The molecule has 3 aliphatic rings. The monoisotopic (exact) mass is 790 g/mol. The fraction of sp³-hybridized carbons (Fsp3) is 0.571. The number of nitrogens with one attached hydrogen (secondary N) is 4. The zero-order valence-corrected chi connectivity index (χ0v) is 33.2. The van der Waals surface area contributed by atoms with E-state index in [9.17, 15) is 33.9 Å². The van der Waals surface area contributed by atoms with Crippen LogP contribution in [0.25, 0.3) is 0 Å². The summed E-state index contributed by atoms with van der Waals surface area (Å²) >= 11 is 0. The second-order valence-electron chi connectivity index (χ2n) is 15.4. The predicted octanol–water partition coefficient (Wildman–Crippen LogP) is 1.77. The Morgan fingerprint density at radius 1 is 0.965 bits per heavy atom. The molecule has 0 radical (unpaired) electrons. The molecule has 5 rings (SSSR count). The lowest BCUT2D eigenvalue weighted by molar-refractivity contribution is -0.144. The third-order valence-electron chi connectivity index (χ3n) is 10.9. The van der Waals surface area contributed by atoms with Crippen molar-refractivity contribution < 1.29 is 43.3 Å². The zero-order chi connectivity index (χ0) is 40.9. The van der Waals surface area contributed by atoms with Gasteiger partial charge in [-0.05, 0) is 48.4 Å². The Morgan fingerprint density at radius 2 is 1.72 bits per heavy atom. The van der Waals surface area contributed by atoms with Gasteiger partial charge in [0.15, 0.2) is 6.10 Å². The summed E-state index contributed by atoms with van der Waals surface area (Å²) in [4.78, 5) is 84.1. The molecular formula is C42H58N6O9. The average molecular weight is 791 g/mol. The summed E-state index contributed by atoms with van der Waals surface area (Å²) in [6, 6.07) is 12.2. The lowest BCUT2D eigenvalue weighted by atomic mass is 9.83. The van der Waals surface area contributed by atoms with E-state index in [1.807, 2.05) is 31.2 Å². The summed E-state index contributed by atoms with van der Waals surface area (Å²) < 4.78 is 12.1. The highest BCUT2D eigenvalue weighted by Crippen LogP contribution is 2.30. The van der Waals surface area contributed by atoms with Gasteiger partial charge in [0, 0.05) is 33.5 Å². The average Bonchev–Trinajstić information content (AvgIpc) is 3.65. The van der Waals surface area contributed by atoms with E-state index in [1.54, 1.807) is 44.4 Å². The van der Waals surface area contributed by atoms with Crippen molar-refractivity contribution in [2.75, 3.05) is 40.4 Å². The summed E-state index contributed by atoms with van der Waals surface area (Å²) in [5, 5.41) is 22.1. The maximum atomic E-state index is 14.6. The van der Waals surface area contributed by atoms with Gasteiger partial charge in [-0.25, -0.2) is 0 Å². The smallest absolute Gasteiger partial charge is 0.251 e. The van der Waals surface area contributed by atoms with Gasteiger partial charge in [0.05, 0.1) is 38.3 Å². The molecule has 0 spiro atoms. The lowest BCUT2D eigenvalue weighted by Crippen LogP contribution is -2.58. The van der Waals surface area contributed by atoms with Crippen molar-refractivity contribution in [3.05, 3.63) is 65.7 Å². The van der Waals surface area contributed by atoms with Crippen LogP contribution in [0, 0.1) is 5.92 Å². The number of amides is 6. The molecule has 2 aromatic rings. The number of ether oxygens (including phenoxy) is 2. The summed E-state index contributed by atoms with van der Waals surface area (Å²) in [6.45, 7) is 2.16. The van der Waals surface area contributed by atoms with Crippen LogP contribution in [0.1, 0.15) is 81.9 Å². The van der Waals surface area contributed by atoms with Crippen molar-refractivity contribution in [3.63, 3.8) is 0 Å². The number of carbonyl (C=O) groups is 6. The van der Waals surface area contributed by atoms with Crippen molar-refractivity contribution in [1.82, 2.24) is 31.1 Å². The molecule has 2 fully saturated rings. The Morgan fingerprint density at radius 3 is 2.44 bits per heavy atom. The molecule has 5 N–H and O–H groups in total. The first-order valence-electron chi connectivity index (χ1n) is 20.2. The van der Waals surface area contributed by atoms with Crippen LogP contribution in [0.2, 0.25) is 0 Å². The molecule has 2 heterocycles. The number of likely N-dealkylation sites (N-methyl/N-ethyl adjacent to an activating group) is 1. The second kappa shape index (κ2) is 20.9. The highest BCUT2D eigenvalue weighted by Gasteiger charge is 2.45. The number of rotatable bonds is 12. The Bertz CT molecular complexity index is 1700. The van der Waals surface area contributed by atoms with Gasteiger partial charge in [0.1, 0.15) is 23.9 Å². The van der Waals surface area contributed by atoms with Crippen molar-refractivity contribution in [2.45, 2.75) is 108 Å². The lowest BCUT2D eigenvalue weighted by Gasteiger charge is -2.35. The first-order chi connectivity index (χ1) is 27.4. The van der Waals surface area contributed by atoms with Gasteiger partial charge >= 0.3 is 0 Å². The molecule has 1 saturated heterocycles. The first kappa shape index (κ1) is 43.1. The molecule has 2 unspecified atom stereocenters. The summed E-state index contributed by atoms with van der Waals surface area (Å²) in [5.41, 5.74) is 1.32. The molecule has 310 valence electrons. The second-order valence-corrected chi connectivity index (χ2v) is 15.4. The molecule has 15 heteroatoms. The van der Waals surface area contributed by atoms with Crippen molar-refractivity contribution in [2.24, 2.45) is 5.92 Å². The van der Waals surface area contributed by atoms with Crippen LogP contribution in [0.15, 0.2) is 54.6 Å². The maximum absolute atomic E-state index is 14.6. The van der Waals surface area contributed by atoms with Gasteiger partial charge in [-0.3, -0.25) is 28.8 Å². The summed E-state index contributed by atoms with van der Waals surface area (Å²) in [5.74, 6) is -2.58. The van der Waals surface area contributed by atoms with E-state index < -0.39 is 60.6 Å². The van der Waals surface area contributed by atoms with Gasteiger partial charge in [-0.15, -0.1) is 0 Å². The minimum atomic E-state index is -1.73. The molecule has 15 nitrogen and oxygen atoms in total. The normalized spacial score (nSPS) is 22.2. The Kier molecular flexibility index (Phi) is 15.8. The number of fused-ring (bicyclic) bond motifs is 4. The topological polar surface area (TPSA) is 196 Å². The maximum Gasteiger partial charge on any atom is 0.251 e. The van der Waals surface area contributed by atoms with Crippen molar-refractivity contribution in [3.8, 4) is 5.75 Å². The molecule has 1 saturated carbocycles. The van der Waals surface area contributed by atoms with Crippen LogP contribution in [0.3, 0.4) is 0 Å². The molecule has 6 atom stereocenters. The fourth-order valence-corrected chi connectivity index (χ4v) is 7.85. The Hall–Kier alpha value is -5.02. The molecule has 4 bridgehead atoms. The minimum absolute atomic E-state index is 0.0610. The van der Waals surface area contributed by atoms with Gasteiger partial charge < -0.3 is 45.6 Å². The number of hydrogen-bond donors (Lipinski definition) is 5. The van der Waals surface area contributed by atoms with Gasteiger partial charge in [-0.2, -0.15) is 0 Å². The summed E-state index contributed by atoms with van der Waals surface area (Å²) in [7, 11) is 3.14. The van der Waals surface area contributed by atoms with Crippen molar-refractivity contribution in [1.29, 1.82) is 0 Å². The van der Waals surface area contributed by atoms with E-state index in [0.717, 1.165) is 37.7 Å². The Balaban J connectivity index is 1.28. The predicted molar refractivity (Wildman–Crippen MR) is 210 cm³/mol. The number of nitrogens with zero attached hydrogens (tertiary/aromatic N) is 2. The van der Waals surface area contributed by atoms with E-state index in [1.165, 1.54) is 9.80 Å². The minimum Gasteiger partial charge on any atom is -0.493 e. The van der Waals surface area contributed by atoms with Crippen LogP contribution in [0.4, 0.5) is 0 Å². The number of aliphatic hydroxyl groups is 1. The Labute approximate surface area is 334 Å². The highest BCUT2D eigenvalue weighted by molar-refractivity contribution is 5.94. The highest BCUT2D eigenvalue weighted by atomic mass is 16.5. The third kappa shape index (κ3) is 12.0. The number of benzene rings is 2. The first-order valence-corrected chi connectivity index (χ1v) is 20.2. The van der Waals surface area contributed by atoms with Gasteiger partial charge in [0.2, 0.25) is 29.5 Å². The van der Waals surface area contributed by atoms with Gasteiger partial charge in [0.25, 0.3) is 5.91 Å². The standard InChI is InChI=1S/C42H58N6O9/c1-4-13-32(38(51)40(53)43-25-35(50)46-36(41(54)47(2)3)28-15-7-5-8-16-28)44-39(52)33-24-31-26-48(33)42(55)37(29-17-9-6-10-18-29)45-34(49)23-27-14-11-19-30(22-27)56-20-12-21-57-31/h5,7-8,11,14-16,19,22,29,31-33,36-38,51H,4,6,9-10,12-13,17-18,20-21,23-26H2,1-3H3,(H,43,53)(H,44,52)(H,45,49)(H,46,50)/t31-,32?,33+,36+,37+,38?/m1/s1. The molecule has 57 heavy (non-hydrogen) atoms. The zero-order valence-electron chi connectivity index (χ0n) is 33.2. The number of carbonyl (C=O) groups excluding carboxylic acids is 6. The van der Waals surface area contributed by atoms with E-state index in [0.29, 0.717) is 37.4 Å². The number of hydrogen-bond acceptors (Lipinski definition) is 9. The van der Waals surface area contributed by atoms with E-state index in [-0.39, 0.29) is 49.4 Å². The summed E-state index contributed by atoms with van der Waals surface area (Å²) in [6.07, 6.45) is 3.77. The van der Waals surface area contributed by atoms with Crippen LogP contribution >= 0.6 is 0 Å². The molecule has 6 amide bonds. The van der Waals surface area contributed by atoms with E-state index in [2.05, 4.69) is 21.3 Å². The van der Waals surface area contributed by atoms with Gasteiger partial charge in [-0.1, -0.05) is 75.1 Å². The molecule has 1 aliphatic carbocycles. The van der Waals surface area contributed by atoms with Crippen LogP contribution < -0.4 is 26.0 Å². The van der Waals surface area contributed by atoms with Crippen molar-refractivity contribution >= 4 is 35.4 Å². The van der Waals surface area contributed by atoms with Crippen LogP contribution in [-0.4, -0.2) is 121 Å². The van der Waals surface area contributed by atoms with E-state index in [4.69, 9.17) is 9.47 Å². The quantitative estimate of drug-likeness (QED) is 0.213. The third-order valence-corrected chi connectivity index (χ3v) is 10.9.